The Balaban J connectivity index is 1.45. The predicted octanol–water partition coefficient (Wildman–Crippen LogP) is 5.78. The van der Waals surface area contributed by atoms with Crippen LogP contribution in [0.4, 0.5) is 18.9 Å². The Kier molecular flexibility index (Phi) is 6.47. The lowest BCUT2D eigenvalue weighted by Crippen LogP contribution is -2.49. The Hall–Kier alpha value is -2.24. The number of anilines is 1. The van der Waals surface area contributed by atoms with E-state index in [4.69, 9.17) is 49.0 Å². The summed E-state index contributed by atoms with van der Waals surface area (Å²) in [6.07, 6.45) is -1.99. The number of nitrogens with zero attached hydrogens (tertiary/aromatic N) is 3. The molecule has 6 rings (SSSR count). The molecule has 1 atom stereocenters. The van der Waals surface area contributed by atoms with Gasteiger partial charge in [-0.3, -0.25) is 0 Å². The quantitative estimate of drug-likeness (QED) is 0.419. The van der Waals surface area contributed by atoms with Gasteiger partial charge < -0.3 is 24.0 Å². The molecule has 1 saturated heterocycles. The number of alkyl halides is 6. The van der Waals surface area contributed by atoms with Crippen molar-refractivity contribution in [2.75, 3.05) is 51.5 Å². The van der Waals surface area contributed by atoms with Gasteiger partial charge in [0.2, 0.25) is 10.6 Å². The first-order chi connectivity index (χ1) is 18.0. The molecule has 204 valence electrons. The molecular weight excluding hydrogens is 570 g/mol. The first kappa shape index (κ1) is 26.0. The molecule has 4 heterocycles. The SMILES string of the molecule is COc1ccc2c(c1N1CCN(OC(F)(F)F)CC1)C(C(Cl)(Cl)Cl)N1CCc3cc4c(cc3C1=C2)OCO4. The minimum absolute atomic E-state index is 0.0378. The van der Waals surface area contributed by atoms with Crippen molar-refractivity contribution in [3.05, 3.63) is 46.5 Å². The third kappa shape index (κ3) is 4.60. The number of methoxy groups -OCH3 is 1. The van der Waals surface area contributed by atoms with E-state index in [2.05, 4.69) is 9.74 Å². The second-order valence-electron chi connectivity index (χ2n) is 9.35. The zero-order valence-electron chi connectivity index (χ0n) is 20.2. The van der Waals surface area contributed by atoms with Crippen LogP contribution in [0, 0.1) is 0 Å². The maximum atomic E-state index is 12.8. The number of piperazine rings is 1. The van der Waals surface area contributed by atoms with E-state index in [-0.39, 0.29) is 33.0 Å². The molecule has 1 fully saturated rings. The summed E-state index contributed by atoms with van der Waals surface area (Å²) < 4.78 is 53.4. The van der Waals surface area contributed by atoms with Crippen molar-refractivity contribution in [2.24, 2.45) is 0 Å². The van der Waals surface area contributed by atoms with Gasteiger partial charge in [0, 0.05) is 49.5 Å². The number of hydrogen-bond donors (Lipinski definition) is 0. The molecule has 7 nitrogen and oxygen atoms in total. The molecule has 0 spiro atoms. The highest BCUT2D eigenvalue weighted by Gasteiger charge is 2.47. The Morgan fingerprint density at radius 2 is 1.68 bits per heavy atom. The normalized spacial score (nSPS) is 21.0. The molecule has 0 aliphatic carbocycles. The van der Waals surface area contributed by atoms with Gasteiger partial charge in [-0.1, -0.05) is 40.9 Å². The van der Waals surface area contributed by atoms with E-state index >= 15 is 0 Å². The van der Waals surface area contributed by atoms with Crippen molar-refractivity contribution < 1.29 is 32.2 Å². The highest BCUT2D eigenvalue weighted by molar-refractivity contribution is 6.68. The molecule has 2 aromatic rings. The van der Waals surface area contributed by atoms with E-state index in [1.54, 1.807) is 7.11 Å². The lowest BCUT2D eigenvalue weighted by atomic mass is 9.85. The minimum Gasteiger partial charge on any atom is -0.495 e. The van der Waals surface area contributed by atoms with Gasteiger partial charge in [-0.25, -0.2) is 4.84 Å². The Labute approximate surface area is 232 Å². The largest absolute Gasteiger partial charge is 0.539 e. The molecule has 4 aliphatic rings. The summed E-state index contributed by atoms with van der Waals surface area (Å²) in [6.45, 7) is 1.36. The number of benzene rings is 2. The molecule has 38 heavy (non-hydrogen) atoms. The Bertz CT molecular complexity index is 1290. The van der Waals surface area contributed by atoms with Crippen LogP contribution in [0.15, 0.2) is 24.3 Å². The van der Waals surface area contributed by atoms with Crippen LogP contribution >= 0.6 is 34.8 Å². The molecule has 0 N–H and O–H groups in total. The number of halogens is 6. The summed E-state index contributed by atoms with van der Waals surface area (Å²) >= 11 is 20.1. The molecule has 0 radical (unpaired) electrons. The molecule has 0 bridgehead atoms. The summed E-state index contributed by atoms with van der Waals surface area (Å²) in [5.41, 5.74) is 5.26. The van der Waals surface area contributed by atoms with Crippen molar-refractivity contribution in [3.8, 4) is 17.2 Å². The fraction of sp³-hybridized carbons (Fsp3) is 0.440. The van der Waals surface area contributed by atoms with Crippen molar-refractivity contribution >= 4 is 52.3 Å². The molecule has 0 saturated carbocycles. The third-order valence-electron chi connectivity index (χ3n) is 7.21. The van der Waals surface area contributed by atoms with Gasteiger partial charge in [0.25, 0.3) is 0 Å². The van der Waals surface area contributed by atoms with E-state index < -0.39 is 16.2 Å². The average molecular weight is 593 g/mol. The van der Waals surface area contributed by atoms with E-state index in [0.29, 0.717) is 35.9 Å². The molecule has 13 heteroatoms. The third-order valence-corrected chi connectivity index (χ3v) is 7.83. The summed E-state index contributed by atoms with van der Waals surface area (Å²) in [5.74, 6) is 1.93. The first-order valence-corrected chi connectivity index (χ1v) is 13.1. The van der Waals surface area contributed by atoms with Crippen LogP contribution in [0.25, 0.3) is 11.8 Å². The second-order valence-corrected chi connectivity index (χ2v) is 11.7. The Morgan fingerprint density at radius 3 is 2.34 bits per heavy atom. The zero-order chi connectivity index (χ0) is 26.8. The van der Waals surface area contributed by atoms with Gasteiger partial charge in [-0.15, -0.1) is 13.2 Å². The summed E-state index contributed by atoms with van der Waals surface area (Å²) in [4.78, 5) is 8.16. The van der Waals surface area contributed by atoms with Gasteiger partial charge in [0.1, 0.15) is 11.8 Å². The van der Waals surface area contributed by atoms with Crippen molar-refractivity contribution in [1.82, 2.24) is 9.96 Å². The zero-order valence-corrected chi connectivity index (χ0v) is 22.4. The minimum atomic E-state index is -4.74. The number of hydroxylamine groups is 2. The van der Waals surface area contributed by atoms with Crippen LogP contribution in [0.1, 0.15) is 28.3 Å². The standard InChI is InChI=1S/C25H23Cl3F3N3O4/c1-35-18-3-2-15-10-17-16-12-20-19(36-13-37-20)11-14(16)4-5-34(17)23(24(26,27)28)21(15)22(18)32-6-8-33(9-7-32)38-25(29,30)31/h2-3,10-12,23H,4-9,13H2,1H3. The lowest BCUT2D eigenvalue weighted by molar-refractivity contribution is -0.414. The molecule has 0 aromatic heterocycles. The maximum Gasteiger partial charge on any atom is 0.539 e. The maximum absolute atomic E-state index is 12.8. The van der Waals surface area contributed by atoms with Crippen molar-refractivity contribution in [2.45, 2.75) is 22.6 Å². The van der Waals surface area contributed by atoms with Crippen LogP contribution in [0.5, 0.6) is 17.2 Å². The van der Waals surface area contributed by atoms with E-state index in [0.717, 1.165) is 33.0 Å². The molecule has 2 aromatic carbocycles. The monoisotopic (exact) mass is 591 g/mol. The second kappa shape index (κ2) is 9.45. The number of ether oxygens (including phenoxy) is 3. The first-order valence-electron chi connectivity index (χ1n) is 12.0. The number of hydrogen-bond acceptors (Lipinski definition) is 7. The molecule has 1 unspecified atom stereocenters. The highest BCUT2D eigenvalue weighted by atomic mass is 35.6. The smallest absolute Gasteiger partial charge is 0.495 e. The Morgan fingerprint density at radius 1 is 0.974 bits per heavy atom. The molecular formula is C25H23Cl3F3N3O4. The number of rotatable bonds is 3. The topological polar surface area (TPSA) is 46.6 Å². The van der Waals surface area contributed by atoms with Gasteiger partial charge in [0.05, 0.1) is 12.8 Å². The van der Waals surface area contributed by atoms with Crippen LogP contribution in [-0.4, -0.2) is 66.7 Å². The van der Waals surface area contributed by atoms with E-state index in [1.807, 2.05) is 35.2 Å². The summed E-state index contributed by atoms with van der Waals surface area (Å²) in [7, 11) is 1.54. The van der Waals surface area contributed by atoms with Gasteiger partial charge >= 0.3 is 6.36 Å². The van der Waals surface area contributed by atoms with Gasteiger partial charge in [-0.2, -0.15) is 5.06 Å². The predicted molar refractivity (Wildman–Crippen MR) is 138 cm³/mol. The molecule has 4 aliphatic heterocycles. The lowest BCUT2D eigenvalue weighted by Gasteiger charge is -2.47. The molecule has 0 amide bonds. The summed E-state index contributed by atoms with van der Waals surface area (Å²) in [5, 5.41) is 0.911. The van der Waals surface area contributed by atoms with E-state index in [1.165, 1.54) is 0 Å². The van der Waals surface area contributed by atoms with Crippen molar-refractivity contribution in [3.63, 3.8) is 0 Å². The fourth-order valence-corrected chi connectivity index (χ4v) is 6.36. The van der Waals surface area contributed by atoms with Crippen LogP contribution in [0.3, 0.4) is 0 Å². The average Bonchev–Trinajstić information content (AvgIpc) is 3.32. The van der Waals surface area contributed by atoms with Crippen LogP contribution < -0.4 is 19.1 Å². The van der Waals surface area contributed by atoms with Crippen molar-refractivity contribution in [1.29, 1.82) is 0 Å². The van der Waals surface area contributed by atoms with Crippen LogP contribution in [-0.2, 0) is 11.3 Å². The van der Waals surface area contributed by atoms with E-state index in [9.17, 15) is 13.2 Å². The van der Waals surface area contributed by atoms with Gasteiger partial charge in [-0.05, 0) is 41.8 Å². The summed E-state index contributed by atoms with van der Waals surface area (Å²) in [6, 6.07) is 7.02. The number of fused-ring (bicyclic) bond motifs is 5. The fourth-order valence-electron chi connectivity index (χ4n) is 5.67. The van der Waals surface area contributed by atoms with Crippen LogP contribution in [0.2, 0.25) is 0 Å². The highest BCUT2D eigenvalue weighted by Crippen LogP contribution is 2.56. The van der Waals surface area contributed by atoms with Gasteiger partial charge in [0.15, 0.2) is 11.5 Å².